The summed E-state index contributed by atoms with van der Waals surface area (Å²) in [7, 11) is 0. The molecule has 548 valence electrons. The van der Waals surface area contributed by atoms with Crippen LogP contribution in [0.3, 0.4) is 0 Å². The van der Waals surface area contributed by atoms with E-state index >= 15 is 0 Å². The van der Waals surface area contributed by atoms with Crippen LogP contribution in [0.4, 0.5) is 56.9 Å². The van der Waals surface area contributed by atoms with Gasteiger partial charge in [-0.2, -0.15) is 0 Å². The predicted octanol–water partition coefficient (Wildman–Crippen LogP) is 21.0. The Balaban J connectivity index is 0.000000203. The topological polar surface area (TPSA) is 260 Å². The van der Waals surface area contributed by atoms with Crippen LogP contribution in [-0.4, -0.2) is 0 Å². The lowest BCUT2D eigenvalue weighted by atomic mass is 9.92. The third kappa shape index (κ3) is 26.5. The molecule has 0 radical (unpaired) electrons. The number of aryl methyl sites for hydroxylation is 10. The van der Waals surface area contributed by atoms with Gasteiger partial charge in [0.15, 0.2) is 0 Å². The molecule has 103 heavy (non-hydrogen) atoms. The van der Waals surface area contributed by atoms with Crippen molar-refractivity contribution in [3.05, 3.63) is 293 Å². The first-order valence-electron chi connectivity index (χ1n) is 38.4. The number of hydrogen-bond acceptors (Lipinski definition) is 10. The van der Waals surface area contributed by atoms with Crippen molar-refractivity contribution >= 4 is 56.9 Å². The van der Waals surface area contributed by atoms with Gasteiger partial charge in [-0.15, -0.1) is 0 Å². The standard InChI is InChI=1S/C21H30N2.2C19H26N2.2C17H22N2/c1-3-5-7-18-14-16(9-11-20(18)22)13-17-10-12-21(23)19(15-17)8-6-4-2;1-3-5-16-12-14(7-9-18(16)20)11-15-8-10-19(21)17(13-15)6-4-2;1-3-5-14-12-18(20)9-7-16(14)11-17-8-10-19(21)13-15(17)6-4-2;1-3-14-10-12(5-7-16(14)18)9-13-6-8-17(19)15(4-2)11-13;1-3-12-10-16(18)7-5-14(12)9-15-6-8-17(19)11-13(15)4-2/h9-12,14-15H,3-8,13,22-23H2,1-2H3;2*7-10,12-13H,3-6,11,20-21H2,1-2H3;2*5-8,10-11H,3-4,9,18-19H2,1-2H3. The highest BCUT2D eigenvalue weighted by Crippen LogP contribution is 2.29. The molecule has 0 aliphatic carbocycles. The van der Waals surface area contributed by atoms with E-state index in [1.807, 2.05) is 48.5 Å². The molecule has 0 saturated carbocycles. The molecule has 10 aromatic carbocycles. The van der Waals surface area contributed by atoms with Crippen LogP contribution in [0, 0.1) is 0 Å². The third-order valence-corrected chi connectivity index (χ3v) is 19.4. The van der Waals surface area contributed by atoms with Crippen molar-refractivity contribution in [1.29, 1.82) is 0 Å². The van der Waals surface area contributed by atoms with Crippen LogP contribution in [0.1, 0.15) is 232 Å². The number of hydrogen-bond donors (Lipinski definition) is 10. The molecule has 0 amide bonds. The molecular formula is C93H126N10. The molecule has 0 aliphatic heterocycles. The fourth-order valence-electron chi connectivity index (χ4n) is 13.4. The van der Waals surface area contributed by atoms with Gasteiger partial charge in [0, 0.05) is 56.9 Å². The summed E-state index contributed by atoms with van der Waals surface area (Å²) in [4.78, 5) is 0. The quantitative estimate of drug-likeness (QED) is 0.0207. The molecule has 10 aromatic rings. The van der Waals surface area contributed by atoms with Crippen molar-refractivity contribution in [2.45, 2.75) is 217 Å². The molecule has 0 aliphatic rings. The highest BCUT2D eigenvalue weighted by Gasteiger charge is 2.13. The van der Waals surface area contributed by atoms with E-state index in [1.54, 1.807) is 0 Å². The minimum Gasteiger partial charge on any atom is -0.399 e. The highest BCUT2D eigenvalue weighted by atomic mass is 14.6. The lowest BCUT2D eigenvalue weighted by Gasteiger charge is -2.14. The maximum absolute atomic E-state index is 6.11. The van der Waals surface area contributed by atoms with Crippen LogP contribution >= 0.6 is 0 Å². The van der Waals surface area contributed by atoms with Crippen LogP contribution in [0.25, 0.3) is 0 Å². The zero-order chi connectivity index (χ0) is 74.8. The molecule has 10 heteroatoms. The first-order valence-corrected chi connectivity index (χ1v) is 38.4. The van der Waals surface area contributed by atoms with Gasteiger partial charge in [0.05, 0.1) is 0 Å². The third-order valence-electron chi connectivity index (χ3n) is 19.4. The van der Waals surface area contributed by atoms with Crippen LogP contribution < -0.4 is 57.3 Å². The average Bonchev–Trinajstić information content (AvgIpc) is 0.855. The lowest BCUT2D eigenvalue weighted by Crippen LogP contribution is -2.01. The molecule has 0 heterocycles. The van der Waals surface area contributed by atoms with Crippen molar-refractivity contribution in [1.82, 2.24) is 0 Å². The second-order valence-electron chi connectivity index (χ2n) is 27.8. The average molecular weight is 1380 g/mol. The van der Waals surface area contributed by atoms with Crippen molar-refractivity contribution in [2.75, 3.05) is 57.3 Å². The van der Waals surface area contributed by atoms with Crippen LogP contribution in [-0.2, 0) is 96.3 Å². The maximum atomic E-state index is 6.11. The summed E-state index contributed by atoms with van der Waals surface area (Å²) in [6, 6.07) is 63.4. The summed E-state index contributed by atoms with van der Waals surface area (Å²) in [6.45, 7) is 21.8. The molecule has 0 bridgehead atoms. The van der Waals surface area contributed by atoms with Gasteiger partial charge in [-0.05, 0) is 305 Å². The zero-order valence-corrected chi connectivity index (χ0v) is 64.4. The van der Waals surface area contributed by atoms with Crippen LogP contribution in [0.5, 0.6) is 0 Å². The van der Waals surface area contributed by atoms with E-state index in [0.29, 0.717) is 0 Å². The molecule has 20 N–H and O–H groups in total. The molecule has 0 spiro atoms. The SMILES string of the molecule is CCCCc1cc(Cc2ccc(N)c(CCCC)c2)ccc1N.CCCc1cc(Cc2ccc(N)c(CCC)c2)ccc1N.CCCc1cc(N)ccc1Cc1ccc(N)cc1CCC.CCc1cc(Cc2ccc(N)c(CC)c2)ccc1N.CCc1cc(N)ccc1Cc1ccc(N)cc1CC. The lowest BCUT2D eigenvalue weighted by molar-refractivity contribution is 0.794. The van der Waals surface area contributed by atoms with E-state index in [2.05, 4.69) is 203 Å². The molecule has 0 saturated heterocycles. The summed E-state index contributed by atoms with van der Waals surface area (Å²) in [5.74, 6) is 0. The molecule has 0 atom stereocenters. The van der Waals surface area contributed by atoms with Crippen molar-refractivity contribution in [3.8, 4) is 0 Å². The number of nitrogen functional groups attached to an aromatic ring is 10. The van der Waals surface area contributed by atoms with E-state index in [0.717, 1.165) is 179 Å². The number of unbranched alkanes of at least 4 members (excludes halogenated alkanes) is 2. The molecule has 0 unspecified atom stereocenters. The Morgan fingerprint density at radius 1 is 0.175 bits per heavy atom. The van der Waals surface area contributed by atoms with Gasteiger partial charge in [-0.1, -0.05) is 205 Å². The van der Waals surface area contributed by atoms with Crippen LogP contribution in [0.2, 0.25) is 0 Å². The number of benzene rings is 10. The highest BCUT2D eigenvalue weighted by molar-refractivity contribution is 5.57. The normalized spacial score (nSPS) is 10.7. The Bertz CT molecular complexity index is 3970. The first-order chi connectivity index (χ1) is 49.7. The minimum atomic E-state index is 0.841. The summed E-state index contributed by atoms with van der Waals surface area (Å²) in [5.41, 5.74) is 94.9. The van der Waals surface area contributed by atoms with Gasteiger partial charge in [-0.25, -0.2) is 0 Å². The summed E-state index contributed by atoms with van der Waals surface area (Å²) in [5, 5.41) is 0. The molecule has 10 rings (SSSR count). The van der Waals surface area contributed by atoms with Gasteiger partial charge in [0.25, 0.3) is 0 Å². The van der Waals surface area contributed by atoms with E-state index in [9.17, 15) is 0 Å². The fraction of sp³-hybridized carbons (Fsp3) is 0.355. The predicted molar refractivity (Wildman–Crippen MR) is 453 cm³/mol. The van der Waals surface area contributed by atoms with Gasteiger partial charge >= 0.3 is 0 Å². The van der Waals surface area contributed by atoms with E-state index in [-0.39, 0.29) is 0 Å². The van der Waals surface area contributed by atoms with Gasteiger partial charge < -0.3 is 57.3 Å². The molecular weight excluding hydrogens is 1260 g/mol. The monoisotopic (exact) mass is 1380 g/mol. The fourth-order valence-corrected chi connectivity index (χ4v) is 13.4. The Morgan fingerprint density at radius 2 is 0.388 bits per heavy atom. The number of nitrogens with two attached hydrogens (primary N) is 10. The van der Waals surface area contributed by atoms with Gasteiger partial charge in [-0.3, -0.25) is 0 Å². The Morgan fingerprint density at radius 3 is 0.631 bits per heavy atom. The minimum absolute atomic E-state index is 0.841. The Kier molecular flexibility index (Phi) is 34.5. The number of rotatable bonds is 28. The van der Waals surface area contributed by atoms with Gasteiger partial charge in [0.2, 0.25) is 0 Å². The largest absolute Gasteiger partial charge is 0.399 e. The molecule has 10 nitrogen and oxygen atoms in total. The van der Waals surface area contributed by atoms with Crippen molar-refractivity contribution in [2.24, 2.45) is 0 Å². The first kappa shape index (κ1) is 82.2. The number of anilines is 10. The summed E-state index contributed by atoms with van der Waals surface area (Å²) >= 11 is 0. The summed E-state index contributed by atoms with van der Waals surface area (Å²) in [6.07, 6.45) is 24.4. The second-order valence-corrected chi connectivity index (χ2v) is 27.8. The van der Waals surface area contributed by atoms with Crippen molar-refractivity contribution < 1.29 is 0 Å². The van der Waals surface area contributed by atoms with Gasteiger partial charge in [0.1, 0.15) is 0 Å². The second kappa shape index (κ2) is 43.2. The zero-order valence-electron chi connectivity index (χ0n) is 64.4. The van der Waals surface area contributed by atoms with E-state index in [4.69, 9.17) is 57.3 Å². The smallest absolute Gasteiger partial charge is 0.0346 e. The van der Waals surface area contributed by atoms with E-state index < -0.39 is 0 Å². The Labute approximate surface area is 620 Å². The van der Waals surface area contributed by atoms with Crippen LogP contribution in [0.15, 0.2) is 182 Å². The van der Waals surface area contributed by atoms with Crippen molar-refractivity contribution in [3.63, 3.8) is 0 Å². The Hall–Kier alpha value is -9.80. The summed E-state index contributed by atoms with van der Waals surface area (Å²) < 4.78 is 0. The molecule has 0 aromatic heterocycles. The molecule has 0 fully saturated rings. The van der Waals surface area contributed by atoms with E-state index in [1.165, 1.54) is 137 Å². The maximum Gasteiger partial charge on any atom is 0.0346 e.